The highest BCUT2D eigenvalue weighted by Crippen LogP contribution is 2.44. The van der Waals surface area contributed by atoms with E-state index >= 15 is 0 Å². The number of hydrogen-bond donors (Lipinski definition) is 1. The molecule has 0 spiro atoms. The Kier molecular flexibility index (Phi) is 2.88. The molecule has 13 heavy (non-hydrogen) atoms. The first-order chi connectivity index (χ1) is 5.91. The van der Waals surface area contributed by atoms with Crippen LogP contribution in [0.4, 0.5) is 8.78 Å². The number of rotatable bonds is 4. The van der Waals surface area contributed by atoms with Crippen molar-refractivity contribution in [3.05, 3.63) is 0 Å². The predicted octanol–water partition coefficient (Wildman–Crippen LogP) is 2.53. The fourth-order valence-electron chi connectivity index (χ4n) is 1.60. The summed E-state index contributed by atoms with van der Waals surface area (Å²) in [6.07, 6.45) is 1.01. The third-order valence-electron chi connectivity index (χ3n) is 2.60. The second-order valence-electron chi connectivity index (χ2n) is 3.95. The van der Waals surface area contributed by atoms with Gasteiger partial charge in [0, 0.05) is 12.8 Å². The minimum Gasteiger partial charge on any atom is -0.481 e. The van der Waals surface area contributed by atoms with Crippen LogP contribution in [0.5, 0.6) is 0 Å². The largest absolute Gasteiger partial charge is 0.481 e. The Morgan fingerprint density at radius 1 is 1.62 bits per heavy atom. The molecule has 0 amide bonds. The highest BCUT2D eigenvalue weighted by molar-refractivity contribution is 5.69. The second-order valence-corrected chi connectivity index (χ2v) is 3.95. The maximum absolute atomic E-state index is 12.4. The van der Waals surface area contributed by atoms with Crippen molar-refractivity contribution in [1.82, 2.24) is 0 Å². The summed E-state index contributed by atoms with van der Waals surface area (Å²) in [6.45, 7) is 1.61. The van der Waals surface area contributed by atoms with Gasteiger partial charge >= 0.3 is 5.97 Å². The van der Waals surface area contributed by atoms with Crippen LogP contribution in [0.1, 0.15) is 32.6 Å². The first kappa shape index (κ1) is 10.4. The zero-order chi connectivity index (χ0) is 10.1. The Labute approximate surface area is 75.9 Å². The lowest BCUT2D eigenvalue weighted by atomic mass is 9.77. The van der Waals surface area contributed by atoms with Crippen LogP contribution in [0, 0.1) is 11.8 Å². The molecular formula is C9H14F2O2. The Hall–Kier alpha value is -0.670. The molecule has 0 bridgehead atoms. The fraction of sp³-hybridized carbons (Fsp3) is 0.889. The second kappa shape index (κ2) is 3.60. The third-order valence-corrected chi connectivity index (χ3v) is 2.60. The van der Waals surface area contributed by atoms with Crippen molar-refractivity contribution in [2.24, 2.45) is 11.8 Å². The van der Waals surface area contributed by atoms with Crippen LogP contribution < -0.4 is 0 Å². The van der Waals surface area contributed by atoms with Crippen LogP contribution in [0.15, 0.2) is 0 Å². The normalized spacial score (nSPS) is 23.6. The fourth-order valence-corrected chi connectivity index (χ4v) is 1.60. The molecule has 1 unspecified atom stereocenters. The van der Waals surface area contributed by atoms with E-state index < -0.39 is 17.8 Å². The molecule has 0 heterocycles. The molecule has 4 heteroatoms. The average molecular weight is 192 g/mol. The van der Waals surface area contributed by atoms with Gasteiger partial charge in [-0.3, -0.25) is 4.79 Å². The average Bonchev–Trinajstić information content (AvgIpc) is 1.95. The van der Waals surface area contributed by atoms with Gasteiger partial charge in [-0.05, 0) is 18.8 Å². The van der Waals surface area contributed by atoms with Gasteiger partial charge in [0.2, 0.25) is 5.92 Å². The third kappa shape index (κ3) is 2.94. The molecule has 1 rings (SSSR count). The molecule has 1 fully saturated rings. The van der Waals surface area contributed by atoms with Crippen molar-refractivity contribution >= 4 is 5.97 Å². The number of aliphatic carboxylic acids is 1. The SMILES string of the molecule is CC(CCC1CC(F)(F)C1)C(=O)O. The van der Waals surface area contributed by atoms with E-state index in [2.05, 4.69) is 0 Å². The predicted molar refractivity (Wildman–Crippen MR) is 43.7 cm³/mol. The Morgan fingerprint density at radius 2 is 2.15 bits per heavy atom. The number of alkyl halides is 2. The molecule has 0 aromatic rings. The topological polar surface area (TPSA) is 37.3 Å². The Bertz CT molecular complexity index is 196. The maximum Gasteiger partial charge on any atom is 0.306 e. The summed E-state index contributed by atoms with van der Waals surface area (Å²) >= 11 is 0. The number of halogens is 2. The molecule has 1 N–H and O–H groups in total. The molecule has 1 aliphatic carbocycles. The summed E-state index contributed by atoms with van der Waals surface area (Å²) in [5.74, 6) is -3.69. The van der Waals surface area contributed by atoms with Gasteiger partial charge in [0.1, 0.15) is 0 Å². The standard InChI is InChI=1S/C9H14F2O2/c1-6(8(12)13)2-3-7-4-9(10,11)5-7/h6-7H,2-5H2,1H3,(H,12,13). The maximum atomic E-state index is 12.4. The van der Waals surface area contributed by atoms with Crippen LogP contribution in [0.2, 0.25) is 0 Å². The molecule has 1 atom stereocenters. The molecule has 0 radical (unpaired) electrons. The van der Waals surface area contributed by atoms with Crippen LogP contribution >= 0.6 is 0 Å². The van der Waals surface area contributed by atoms with Crippen molar-refractivity contribution in [1.29, 1.82) is 0 Å². The van der Waals surface area contributed by atoms with Gasteiger partial charge in [-0.25, -0.2) is 8.78 Å². The van der Waals surface area contributed by atoms with E-state index in [1.807, 2.05) is 0 Å². The molecule has 1 aliphatic rings. The first-order valence-electron chi connectivity index (χ1n) is 4.51. The Morgan fingerprint density at radius 3 is 2.54 bits per heavy atom. The van der Waals surface area contributed by atoms with Crippen molar-refractivity contribution < 1.29 is 18.7 Å². The molecular weight excluding hydrogens is 178 g/mol. The lowest BCUT2D eigenvalue weighted by molar-refractivity contribution is -0.142. The minimum absolute atomic E-state index is 0.0387. The highest BCUT2D eigenvalue weighted by atomic mass is 19.3. The van der Waals surface area contributed by atoms with Gasteiger partial charge in [0.05, 0.1) is 5.92 Å². The van der Waals surface area contributed by atoms with Crippen molar-refractivity contribution in [2.75, 3.05) is 0 Å². The molecule has 76 valence electrons. The van der Waals surface area contributed by atoms with Crippen molar-refractivity contribution in [3.8, 4) is 0 Å². The highest BCUT2D eigenvalue weighted by Gasteiger charge is 2.44. The summed E-state index contributed by atoms with van der Waals surface area (Å²) in [4.78, 5) is 10.4. The van der Waals surface area contributed by atoms with E-state index in [4.69, 9.17) is 5.11 Å². The summed E-state index contributed by atoms with van der Waals surface area (Å²) in [5, 5.41) is 8.54. The quantitative estimate of drug-likeness (QED) is 0.743. The number of carboxylic acid groups (broad SMARTS) is 1. The number of carbonyl (C=O) groups is 1. The van der Waals surface area contributed by atoms with Gasteiger partial charge in [-0.15, -0.1) is 0 Å². The van der Waals surface area contributed by atoms with Gasteiger partial charge < -0.3 is 5.11 Å². The van der Waals surface area contributed by atoms with Crippen LogP contribution in [-0.4, -0.2) is 17.0 Å². The molecule has 0 aromatic heterocycles. The number of hydrogen-bond acceptors (Lipinski definition) is 1. The summed E-state index contributed by atoms with van der Waals surface area (Å²) < 4.78 is 24.7. The van der Waals surface area contributed by atoms with E-state index in [-0.39, 0.29) is 18.8 Å². The summed E-state index contributed by atoms with van der Waals surface area (Å²) in [7, 11) is 0. The van der Waals surface area contributed by atoms with Crippen LogP contribution in [-0.2, 0) is 4.79 Å². The van der Waals surface area contributed by atoms with E-state index in [0.29, 0.717) is 12.8 Å². The molecule has 0 saturated heterocycles. The molecule has 1 saturated carbocycles. The smallest absolute Gasteiger partial charge is 0.306 e. The van der Waals surface area contributed by atoms with E-state index in [0.717, 1.165) is 0 Å². The Balaban J connectivity index is 2.12. The van der Waals surface area contributed by atoms with Crippen molar-refractivity contribution in [2.45, 2.75) is 38.5 Å². The monoisotopic (exact) mass is 192 g/mol. The van der Waals surface area contributed by atoms with Crippen molar-refractivity contribution in [3.63, 3.8) is 0 Å². The van der Waals surface area contributed by atoms with E-state index in [1.54, 1.807) is 6.92 Å². The lowest BCUT2D eigenvalue weighted by Crippen LogP contribution is -2.35. The zero-order valence-electron chi connectivity index (χ0n) is 7.59. The molecule has 0 aromatic carbocycles. The zero-order valence-corrected chi connectivity index (χ0v) is 7.59. The first-order valence-corrected chi connectivity index (χ1v) is 4.51. The number of carboxylic acids is 1. The van der Waals surface area contributed by atoms with Crippen LogP contribution in [0.25, 0.3) is 0 Å². The summed E-state index contributed by atoms with van der Waals surface area (Å²) in [6, 6.07) is 0. The minimum atomic E-state index is -2.48. The van der Waals surface area contributed by atoms with E-state index in [9.17, 15) is 13.6 Å². The lowest BCUT2D eigenvalue weighted by Gasteiger charge is -2.35. The van der Waals surface area contributed by atoms with E-state index in [1.165, 1.54) is 0 Å². The van der Waals surface area contributed by atoms with Gasteiger partial charge in [-0.1, -0.05) is 6.92 Å². The van der Waals surface area contributed by atoms with Crippen LogP contribution in [0.3, 0.4) is 0 Å². The molecule has 0 aliphatic heterocycles. The van der Waals surface area contributed by atoms with Gasteiger partial charge in [0.15, 0.2) is 0 Å². The van der Waals surface area contributed by atoms with Gasteiger partial charge in [-0.2, -0.15) is 0 Å². The summed E-state index contributed by atoms with van der Waals surface area (Å²) in [5.41, 5.74) is 0. The van der Waals surface area contributed by atoms with Gasteiger partial charge in [0.25, 0.3) is 0 Å². The molecule has 2 nitrogen and oxygen atoms in total.